The molecule has 0 bridgehead atoms. The molecule has 0 unspecified atom stereocenters. The van der Waals surface area contributed by atoms with E-state index in [2.05, 4.69) is 9.88 Å². The standard InChI is InChI=1S/C19H20FN3O/c1-12(24)13-7-15(22(2)9-13)10-23-6-5-19-17(11-23)16-8-14(20)3-4-18(16)21-19/h3-4,7-9,21H,5-6,10-11H2,1-2H3. The number of rotatable bonds is 3. The molecule has 4 rings (SSSR count). The van der Waals surface area contributed by atoms with Crippen molar-refractivity contribution in [3.63, 3.8) is 0 Å². The van der Waals surface area contributed by atoms with Crippen LogP contribution in [0, 0.1) is 5.82 Å². The van der Waals surface area contributed by atoms with Gasteiger partial charge in [-0.15, -0.1) is 0 Å². The first-order valence-corrected chi connectivity index (χ1v) is 8.19. The number of carbonyl (C=O) groups excluding carboxylic acids is 1. The summed E-state index contributed by atoms with van der Waals surface area (Å²) in [5, 5.41) is 0.978. The lowest BCUT2D eigenvalue weighted by atomic mass is 10.0. The van der Waals surface area contributed by atoms with Gasteiger partial charge in [-0.05, 0) is 36.8 Å². The van der Waals surface area contributed by atoms with E-state index in [4.69, 9.17) is 0 Å². The Kier molecular flexibility index (Phi) is 3.53. The minimum absolute atomic E-state index is 0.0879. The van der Waals surface area contributed by atoms with E-state index in [9.17, 15) is 9.18 Å². The molecule has 0 saturated heterocycles. The molecule has 24 heavy (non-hydrogen) atoms. The van der Waals surface area contributed by atoms with Crippen molar-refractivity contribution in [2.45, 2.75) is 26.4 Å². The van der Waals surface area contributed by atoms with Crippen LogP contribution >= 0.6 is 0 Å². The van der Waals surface area contributed by atoms with E-state index < -0.39 is 0 Å². The van der Waals surface area contributed by atoms with Gasteiger partial charge in [0, 0.05) is 67.2 Å². The van der Waals surface area contributed by atoms with Crippen LogP contribution in [0.1, 0.15) is 34.2 Å². The Morgan fingerprint density at radius 2 is 2.17 bits per heavy atom. The van der Waals surface area contributed by atoms with Gasteiger partial charge in [0.05, 0.1) is 0 Å². The Hall–Kier alpha value is -2.40. The predicted octanol–water partition coefficient (Wildman–Crippen LogP) is 3.41. The Balaban J connectivity index is 1.61. The summed E-state index contributed by atoms with van der Waals surface area (Å²) in [5.41, 5.74) is 5.27. The lowest BCUT2D eigenvalue weighted by Gasteiger charge is -2.27. The molecule has 1 aromatic carbocycles. The van der Waals surface area contributed by atoms with Crippen molar-refractivity contribution in [2.24, 2.45) is 7.05 Å². The molecule has 0 radical (unpaired) electrons. The fraction of sp³-hybridized carbons (Fsp3) is 0.316. The summed E-state index contributed by atoms with van der Waals surface area (Å²) in [5.74, 6) is -0.111. The molecule has 5 heteroatoms. The zero-order valence-corrected chi connectivity index (χ0v) is 13.9. The molecule has 0 amide bonds. The first kappa shape index (κ1) is 15.1. The molecule has 1 N–H and O–H groups in total. The first-order valence-electron chi connectivity index (χ1n) is 8.19. The number of ketones is 1. The van der Waals surface area contributed by atoms with Gasteiger partial charge in [0.25, 0.3) is 0 Å². The van der Waals surface area contributed by atoms with Gasteiger partial charge in [-0.3, -0.25) is 9.69 Å². The largest absolute Gasteiger partial charge is 0.358 e. The number of aromatic nitrogens is 2. The second-order valence-electron chi connectivity index (χ2n) is 6.62. The lowest BCUT2D eigenvalue weighted by Crippen LogP contribution is -2.30. The Bertz CT molecular complexity index is 938. The topological polar surface area (TPSA) is 41.0 Å². The van der Waals surface area contributed by atoms with E-state index in [0.717, 1.165) is 48.2 Å². The van der Waals surface area contributed by atoms with Crippen molar-refractivity contribution in [3.05, 3.63) is 58.8 Å². The summed E-state index contributed by atoms with van der Waals surface area (Å²) in [7, 11) is 1.97. The van der Waals surface area contributed by atoms with E-state index in [1.807, 2.05) is 29.9 Å². The van der Waals surface area contributed by atoms with Crippen LogP contribution in [0.5, 0.6) is 0 Å². The van der Waals surface area contributed by atoms with Crippen LogP contribution in [0.3, 0.4) is 0 Å². The Morgan fingerprint density at radius 1 is 1.33 bits per heavy atom. The molecule has 4 nitrogen and oxygen atoms in total. The Morgan fingerprint density at radius 3 is 2.92 bits per heavy atom. The summed E-state index contributed by atoms with van der Waals surface area (Å²) >= 11 is 0. The molecule has 0 spiro atoms. The van der Waals surface area contributed by atoms with Crippen molar-refractivity contribution in [2.75, 3.05) is 6.54 Å². The number of aromatic amines is 1. The van der Waals surface area contributed by atoms with Gasteiger partial charge in [-0.1, -0.05) is 0 Å². The number of Topliss-reactive ketones (excluding diaryl/α,β-unsaturated/α-hetero) is 1. The highest BCUT2D eigenvalue weighted by molar-refractivity contribution is 5.94. The van der Waals surface area contributed by atoms with Crippen LogP contribution in [0.4, 0.5) is 4.39 Å². The summed E-state index contributed by atoms with van der Waals surface area (Å²) in [6, 6.07) is 6.89. The molecule has 0 fully saturated rings. The van der Waals surface area contributed by atoms with Gasteiger partial charge in [0.1, 0.15) is 5.82 Å². The van der Waals surface area contributed by atoms with Crippen molar-refractivity contribution < 1.29 is 9.18 Å². The predicted molar refractivity (Wildman–Crippen MR) is 91.5 cm³/mol. The number of nitrogens with zero attached hydrogens (tertiary/aromatic N) is 2. The summed E-state index contributed by atoms with van der Waals surface area (Å²) in [4.78, 5) is 17.3. The molecule has 3 aromatic rings. The van der Waals surface area contributed by atoms with Crippen LogP contribution in [-0.2, 0) is 26.6 Å². The van der Waals surface area contributed by atoms with Crippen LogP contribution < -0.4 is 0 Å². The van der Waals surface area contributed by atoms with Crippen molar-refractivity contribution in [1.82, 2.24) is 14.5 Å². The highest BCUT2D eigenvalue weighted by atomic mass is 19.1. The molecule has 1 aliphatic rings. The van der Waals surface area contributed by atoms with E-state index in [0.29, 0.717) is 0 Å². The summed E-state index contributed by atoms with van der Waals surface area (Å²) in [6.45, 7) is 4.11. The zero-order valence-electron chi connectivity index (χ0n) is 13.9. The van der Waals surface area contributed by atoms with Gasteiger partial charge in [-0.25, -0.2) is 4.39 Å². The monoisotopic (exact) mass is 325 g/mol. The molecule has 3 heterocycles. The maximum Gasteiger partial charge on any atom is 0.161 e. The van der Waals surface area contributed by atoms with Crippen LogP contribution in [0.15, 0.2) is 30.5 Å². The quantitative estimate of drug-likeness (QED) is 0.750. The normalized spacial score (nSPS) is 15.0. The highest BCUT2D eigenvalue weighted by Crippen LogP contribution is 2.29. The second-order valence-corrected chi connectivity index (χ2v) is 6.62. The molecular weight excluding hydrogens is 305 g/mol. The Labute approximate surface area is 139 Å². The average Bonchev–Trinajstić information content (AvgIpc) is 3.08. The molecule has 0 aliphatic carbocycles. The number of fused-ring (bicyclic) bond motifs is 3. The fourth-order valence-corrected chi connectivity index (χ4v) is 3.57. The molecule has 0 saturated carbocycles. The van der Waals surface area contributed by atoms with E-state index >= 15 is 0 Å². The SMILES string of the molecule is CC(=O)c1cc(CN2CCc3[nH]c4ccc(F)cc4c3C2)n(C)c1. The van der Waals surface area contributed by atoms with Crippen molar-refractivity contribution in [1.29, 1.82) is 0 Å². The maximum atomic E-state index is 13.6. The average molecular weight is 325 g/mol. The number of halogens is 1. The molecule has 2 aromatic heterocycles. The van der Waals surface area contributed by atoms with Gasteiger partial charge < -0.3 is 9.55 Å². The van der Waals surface area contributed by atoms with Gasteiger partial charge >= 0.3 is 0 Å². The number of H-pyrrole nitrogens is 1. The van der Waals surface area contributed by atoms with Gasteiger partial charge in [0.2, 0.25) is 0 Å². The number of nitrogens with one attached hydrogen (secondary N) is 1. The number of carbonyl (C=O) groups is 1. The van der Waals surface area contributed by atoms with Crippen LogP contribution in [0.2, 0.25) is 0 Å². The van der Waals surface area contributed by atoms with Crippen LogP contribution in [0.25, 0.3) is 10.9 Å². The van der Waals surface area contributed by atoms with Crippen molar-refractivity contribution >= 4 is 16.7 Å². The molecular formula is C19H20FN3O. The summed E-state index contributed by atoms with van der Waals surface area (Å²) < 4.78 is 15.6. The second kappa shape index (κ2) is 5.60. The third kappa shape index (κ3) is 2.55. The van der Waals surface area contributed by atoms with Gasteiger partial charge in [0.15, 0.2) is 5.78 Å². The third-order valence-corrected chi connectivity index (χ3v) is 4.92. The van der Waals surface area contributed by atoms with Gasteiger partial charge in [-0.2, -0.15) is 0 Å². The minimum Gasteiger partial charge on any atom is -0.358 e. The fourth-order valence-electron chi connectivity index (χ4n) is 3.57. The maximum absolute atomic E-state index is 13.6. The molecule has 0 atom stereocenters. The smallest absolute Gasteiger partial charge is 0.161 e. The van der Waals surface area contributed by atoms with E-state index in [1.54, 1.807) is 13.0 Å². The summed E-state index contributed by atoms with van der Waals surface area (Å²) in [6.07, 6.45) is 2.81. The molecule has 124 valence electrons. The number of benzene rings is 1. The number of hydrogen-bond donors (Lipinski definition) is 1. The van der Waals surface area contributed by atoms with E-state index in [1.165, 1.54) is 17.3 Å². The minimum atomic E-state index is -0.199. The van der Waals surface area contributed by atoms with Crippen molar-refractivity contribution in [3.8, 4) is 0 Å². The third-order valence-electron chi connectivity index (χ3n) is 4.92. The van der Waals surface area contributed by atoms with Crippen LogP contribution in [-0.4, -0.2) is 26.8 Å². The first-order chi connectivity index (χ1) is 11.5. The highest BCUT2D eigenvalue weighted by Gasteiger charge is 2.22. The zero-order chi connectivity index (χ0) is 16.8. The number of hydrogen-bond acceptors (Lipinski definition) is 2. The van der Waals surface area contributed by atoms with E-state index in [-0.39, 0.29) is 11.6 Å². The number of aryl methyl sites for hydroxylation is 1. The lowest BCUT2D eigenvalue weighted by molar-refractivity contribution is 0.101. The molecule has 1 aliphatic heterocycles.